The summed E-state index contributed by atoms with van der Waals surface area (Å²) in [5, 5.41) is 4.31. The molecule has 0 saturated heterocycles. The van der Waals surface area contributed by atoms with Crippen LogP contribution in [0.25, 0.3) is 10.2 Å². The fourth-order valence-electron chi connectivity index (χ4n) is 3.81. The molecule has 0 unspecified atom stereocenters. The lowest BCUT2D eigenvalue weighted by Crippen LogP contribution is -2.15. The molecule has 0 aliphatic heterocycles. The quantitative estimate of drug-likeness (QED) is 0.582. The van der Waals surface area contributed by atoms with Gasteiger partial charge in [0.15, 0.2) is 0 Å². The Morgan fingerprint density at radius 3 is 2.66 bits per heavy atom. The number of thiophene rings is 2. The number of hydrogen-bond acceptors (Lipinski definition) is 7. The van der Waals surface area contributed by atoms with Gasteiger partial charge in [0.1, 0.15) is 14.7 Å². The summed E-state index contributed by atoms with van der Waals surface area (Å²) < 4.78 is 5.24. The van der Waals surface area contributed by atoms with Crippen LogP contribution < -0.4 is 11.1 Å². The maximum Gasteiger partial charge on any atom is 0.341 e. The number of pyridine rings is 1. The Bertz CT molecular complexity index is 1160. The van der Waals surface area contributed by atoms with Gasteiger partial charge >= 0.3 is 5.97 Å². The van der Waals surface area contributed by atoms with Crippen LogP contribution in [0.4, 0.5) is 10.7 Å². The lowest BCUT2D eigenvalue weighted by atomic mass is 10.1. The zero-order valence-electron chi connectivity index (χ0n) is 16.9. The van der Waals surface area contributed by atoms with Gasteiger partial charge in [0.2, 0.25) is 0 Å². The molecule has 0 fully saturated rings. The van der Waals surface area contributed by atoms with E-state index in [0.29, 0.717) is 27.7 Å². The Labute approximate surface area is 177 Å². The number of nitrogens with zero attached hydrogens (tertiary/aromatic N) is 1. The van der Waals surface area contributed by atoms with Crippen molar-refractivity contribution in [2.45, 2.75) is 47.0 Å². The van der Waals surface area contributed by atoms with Gasteiger partial charge in [0, 0.05) is 16.0 Å². The van der Waals surface area contributed by atoms with Crippen LogP contribution in [-0.2, 0) is 17.6 Å². The predicted molar refractivity (Wildman–Crippen MR) is 118 cm³/mol. The number of aryl methyl sites for hydroxylation is 3. The molecule has 152 valence electrons. The smallest absolute Gasteiger partial charge is 0.341 e. The van der Waals surface area contributed by atoms with E-state index in [9.17, 15) is 9.59 Å². The largest absolute Gasteiger partial charge is 0.462 e. The van der Waals surface area contributed by atoms with Gasteiger partial charge in [-0.1, -0.05) is 0 Å². The molecule has 1 amide bonds. The molecule has 29 heavy (non-hydrogen) atoms. The highest BCUT2D eigenvalue weighted by Gasteiger charge is 2.29. The fraction of sp³-hybridized carbons (Fsp3) is 0.381. The summed E-state index contributed by atoms with van der Waals surface area (Å²) in [4.78, 5) is 32.6. The number of nitrogens with one attached hydrogen (secondary N) is 1. The average molecular weight is 430 g/mol. The summed E-state index contributed by atoms with van der Waals surface area (Å²) in [5.74, 6) is -0.694. The number of hydrogen-bond donors (Lipinski definition) is 2. The molecule has 3 heterocycles. The maximum atomic E-state index is 13.1. The lowest BCUT2D eigenvalue weighted by molar-refractivity contribution is 0.0527. The maximum absolute atomic E-state index is 13.1. The Morgan fingerprint density at radius 1 is 1.17 bits per heavy atom. The minimum atomic E-state index is -0.379. The number of amides is 1. The van der Waals surface area contributed by atoms with Crippen molar-refractivity contribution in [1.29, 1.82) is 0 Å². The van der Waals surface area contributed by atoms with Crippen molar-refractivity contribution in [3.8, 4) is 0 Å². The van der Waals surface area contributed by atoms with E-state index in [1.807, 2.05) is 20.8 Å². The van der Waals surface area contributed by atoms with E-state index in [2.05, 4.69) is 10.3 Å². The van der Waals surface area contributed by atoms with Crippen LogP contribution in [0.3, 0.4) is 0 Å². The van der Waals surface area contributed by atoms with E-state index in [1.165, 1.54) is 22.7 Å². The minimum Gasteiger partial charge on any atom is -0.462 e. The van der Waals surface area contributed by atoms with Crippen molar-refractivity contribution in [3.63, 3.8) is 0 Å². The van der Waals surface area contributed by atoms with Crippen LogP contribution in [0.5, 0.6) is 0 Å². The third-order valence-electron chi connectivity index (χ3n) is 5.51. The molecule has 4 rings (SSSR count). The predicted octanol–water partition coefficient (Wildman–Crippen LogP) is 4.78. The number of esters is 1. The minimum absolute atomic E-state index is 0.295. The zero-order chi connectivity index (χ0) is 20.9. The van der Waals surface area contributed by atoms with Gasteiger partial charge in [0.05, 0.1) is 17.9 Å². The topological polar surface area (TPSA) is 94.3 Å². The van der Waals surface area contributed by atoms with Crippen molar-refractivity contribution in [1.82, 2.24) is 4.98 Å². The molecule has 0 saturated carbocycles. The molecular weight excluding hydrogens is 406 g/mol. The number of aromatic nitrogens is 1. The monoisotopic (exact) mass is 429 g/mol. The second-order valence-electron chi connectivity index (χ2n) is 7.21. The summed E-state index contributed by atoms with van der Waals surface area (Å²) in [7, 11) is 0. The first-order valence-electron chi connectivity index (χ1n) is 9.62. The molecule has 0 spiro atoms. The number of anilines is 2. The second-order valence-corrected chi connectivity index (χ2v) is 9.31. The van der Waals surface area contributed by atoms with Gasteiger partial charge in [-0.2, -0.15) is 0 Å². The summed E-state index contributed by atoms with van der Waals surface area (Å²) >= 11 is 2.75. The standard InChI is InChI=1S/C21H23N3O3S2/c1-5-27-21(26)15-12-7-6-8-13(12)28-20(15)24-18(25)17-16(22)14-10(3)9(2)11(4)23-19(14)29-17/h5-8,22H2,1-4H3,(H,24,25). The molecule has 0 bridgehead atoms. The number of ether oxygens (including phenoxy) is 1. The van der Waals surface area contributed by atoms with Crippen LogP contribution in [0, 0.1) is 20.8 Å². The van der Waals surface area contributed by atoms with Gasteiger partial charge in [-0.05, 0) is 63.6 Å². The highest BCUT2D eigenvalue weighted by Crippen LogP contribution is 2.41. The lowest BCUT2D eigenvalue weighted by Gasteiger charge is -2.08. The number of carbonyl (C=O) groups excluding carboxylic acids is 2. The van der Waals surface area contributed by atoms with Crippen LogP contribution in [0.2, 0.25) is 0 Å². The van der Waals surface area contributed by atoms with E-state index >= 15 is 0 Å². The summed E-state index contributed by atoms with van der Waals surface area (Å²) in [6.45, 7) is 8.03. The van der Waals surface area contributed by atoms with Gasteiger partial charge in [0.25, 0.3) is 5.91 Å². The van der Waals surface area contributed by atoms with E-state index < -0.39 is 0 Å². The Hall–Kier alpha value is -2.45. The number of nitrogen functional groups attached to an aromatic ring is 1. The molecule has 0 atom stereocenters. The number of nitrogens with two attached hydrogens (primary N) is 1. The summed E-state index contributed by atoms with van der Waals surface area (Å²) in [6.07, 6.45) is 2.78. The first kappa shape index (κ1) is 19.8. The molecule has 1 aliphatic carbocycles. The van der Waals surface area contributed by atoms with Crippen molar-refractivity contribution < 1.29 is 14.3 Å². The van der Waals surface area contributed by atoms with Crippen molar-refractivity contribution in [2.24, 2.45) is 0 Å². The van der Waals surface area contributed by atoms with Crippen molar-refractivity contribution in [2.75, 3.05) is 17.7 Å². The number of rotatable bonds is 4. The van der Waals surface area contributed by atoms with E-state index in [0.717, 1.165) is 56.7 Å². The third kappa shape index (κ3) is 3.20. The van der Waals surface area contributed by atoms with Crippen molar-refractivity contribution in [3.05, 3.63) is 37.7 Å². The SMILES string of the molecule is CCOC(=O)c1c(NC(=O)c2sc3nc(C)c(C)c(C)c3c2N)sc2c1CCC2. The molecule has 3 N–H and O–H groups in total. The number of carbonyl (C=O) groups is 2. The molecular formula is C21H23N3O3S2. The van der Waals surface area contributed by atoms with E-state index in [4.69, 9.17) is 10.5 Å². The van der Waals surface area contributed by atoms with E-state index in [-0.39, 0.29) is 11.9 Å². The molecule has 3 aromatic heterocycles. The van der Waals surface area contributed by atoms with Gasteiger partial charge < -0.3 is 15.8 Å². The first-order valence-corrected chi connectivity index (χ1v) is 11.3. The van der Waals surface area contributed by atoms with E-state index in [1.54, 1.807) is 6.92 Å². The third-order valence-corrected chi connectivity index (χ3v) is 7.82. The Balaban J connectivity index is 1.73. The van der Waals surface area contributed by atoms with Gasteiger partial charge in [-0.25, -0.2) is 9.78 Å². The highest BCUT2D eigenvalue weighted by molar-refractivity contribution is 7.21. The first-order chi connectivity index (χ1) is 13.8. The molecule has 3 aromatic rings. The average Bonchev–Trinajstić information content (AvgIpc) is 3.33. The fourth-order valence-corrected chi connectivity index (χ4v) is 6.18. The normalized spacial score (nSPS) is 13.0. The van der Waals surface area contributed by atoms with Crippen LogP contribution in [-0.4, -0.2) is 23.5 Å². The molecule has 6 nitrogen and oxygen atoms in total. The zero-order valence-corrected chi connectivity index (χ0v) is 18.5. The Kier molecular flexibility index (Phi) is 5.08. The van der Waals surface area contributed by atoms with Crippen LogP contribution in [0.1, 0.15) is 60.6 Å². The molecule has 1 aliphatic rings. The van der Waals surface area contributed by atoms with Crippen LogP contribution >= 0.6 is 22.7 Å². The molecule has 8 heteroatoms. The number of fused-ring (bicyclic) bond motifs is 2. The Morgan fingerprint density at radius 2 is 1.93 bits per heavy atom. The van der Waals surface area contributed by atoms with Gasteiger partial charge in [-0.15, -0.1) is 22.7 Å². The van der Waals surface area contributed by atoms with Crippen molar-refractivity contribution >= 4 is 55.5 Å². The van der Waals surface area contributed by atoms with Gasteiger partial charge in [-0.3, -0.25) is 4.79 Å². The molecule has 0 aromatic carbocycles. The summed E-state index contributed by atoms with van der Waals surface area (Å²) in [5.41, 5.74) is 11.4. The highest BCUT2D eigenvalue weighted by atomic mass is 32.1. The second kappa shape index (κ2) is 7.42. The molecule has 0 radical (unpaired) electrons. The van der Waals surface area contributed by atoms with Crippen LogP contribution in [0.15, 0.2) is 0 Å². The summed E-state index contributed by atoms with van der Waals surface area (Å²) in [6, 6.07) is 0.